The molecule has 0 saturated heterocycles. The second kappa shape index (κ2) is 5.65. The number of hydrogen-bond acceptors (Lipinski definition) is 3. The lowest BCUT2D eigenvalue weighted by Gasteiger charge is -2.40. The summed E-state index contributed by atoms with van der Waals surface area (Å²) < 4.78 is 5.23. The van der Waals surface area contributed by atoms with E-state index in [1.165, 1.54) is 16.8 Å². The molecular weight excluding hydrogens is 272 g/mol. The highest BCUT2D eigenvalue weighted by molar-refractivity contribution is 5.43. The lowest BCUT2D eigenvalue weighted by atomic mass is 9.80. The number of ether oxygens (including phenoxy) is 1. The standard InChI is InChI=1S/C19H24N2O/c1-19(2)11-10-15-6-9-18(20)21(17(15)12-19)13-14-4-7-16(22-3)8-5-14/h4-11,18H,12-13,20H2,1-3H3. The average molecular weight is 296 g/mol. The predicted molar refractivity (Wildman–Crippen MR) is 90.2 cm³/mol. The first-order chi connectivity index (χ1) is 10.5. The fraction of sp³-hybridized carbons (Fsp3) is 0.368. The summed E-state index contributed by atoms with van der Waals surface area (Å²) >= 11 is 0. The maximum Gasteiger partial charge on any atom is 0.118 e. The lowest BCUT2D eigenvalue weighted by Crippen LogP contribution is -2.43. The lowest BCUT2D eigenvalue weighted by molar-refractivity contribution is 0.249. The van der Waals surface area contributed by atoms with Gasteiger partial charge in [0.25, 0.3) is 0 Å². The van der Waals surface area contributed by atoms with E-state index in [0.717, 1.165) is 18.7 Å². The Morgan fingerprint density at radius 3 is 2.64 bits per heavy atom. The molecule has 0 bridgehead atoms. The minimum atomic E-state index is -0.0665. The number of benzene rings is 1. The molecule has 3 heteroatoms. The molecule has 1 aromatic rings. The van der Waals surface area contributed by atoms with Crippen molar-refractivity contribution in [2.75, 3.05) is 7.11 Å². The summed E-state index contributed by atoms with van der Waals surface area (Å²) in [5.74, 6) is 0.883. The Bertz CT molecular complexity index is 638. The van der Waals surface area contributed by atoms with Crippen molar-refractivity contribution in [3.8, 4) is 5.75 Å². The van der Waals surface area contributed by atoms with Crippen LogP contribution in [0, 0.1) is 5.41 Å². The highest BCUT2D eigenvalue weighted by Crippen LogP contribution is 2.38. The van der Waals surface area contributed by atoms with Crippen LogP contribution >= 0.6 is 0 Å². The van der Waals surface area contributed by atoms with Gasteiger partial charge in [-0.25, -0.2) is 0 Å². The molecule has 0 aromatic heterocycles. The van der Waals surface area contributed by atoms with Gasteiger partial charge in [0, 0.05) is 12.2 Å². The van der Waals surface area contributed by atoms with E-state index in [0.29, 0.717) is 0 Å². The van der Waals surface area contributed by atoms with Crippen molar-refractivity contribution in [3.05, 3.63) is 65.4 Å². The molecule has 0 fully saturated rings. The summed E-state index contributed by atoms with van der Waals surface area (Å²) in [5.41, 5.74) is 10.4. The van der Waals surface area contributed by atoms with Crippen LogP contribution in [0.5, 0.6) is 5.75 Å². The van der Waals surface area contributed by atoms with Gasteiger partial charge < -0.3 is 15.4 Å². The van der Waals surface area contributed by atoms with E-state index in [9.17, 15) is 0 Å². The highest BCUT2D eigenvalue weighted by Gasteiger charge is 2.29. The topological polar surface area (TPSA) is 38.5 Å². The van der Waals surface area contributed by atoms with Gasteiger partial charge >= 0.3 is 0 Å². The average Bonchev–Trinajstić information content (AvgIpc) is 2.50. The van der Waals surface area contributed by atoms with Crippen LogP contribution < -0.4 is 10.5 Å². The van der Waals surface area contributed by atoms with E-state index in [2.05, 4.69) is 55.2 Å². The third-order valence-electron chi connectivity index (χ3n) is 4.36. The van der Waals surface area contributed by atoms with E-state index in [-0.39, 0.29) is 11.6 Å². The minimum Gasteiger partial charge on any atom is -0.497 e. The van der Waals surface area contributed by atoms with Gasteiger partial charge in [-0.2, -0.15) is 0 Å². The van der Waals surface area contributed by atoms with Crippen molar-refractivity contribution in [1.82, 2.24) is 4.90 Å². The molecule has 0 spiro atoms. The third kappa shape index (κ3) is 2.95. The van der Waals surface area contributed by atoms with Crippen LogP contribution in [0.15, 0.2) is 59.8 Å². The molecular formula is C19H24N2O. The van der Waals surface area contributed by atoms with Gasteiger partial charge in [0.1, 0.15) is 5.75 Å². The molecule has 1 heterocycles. The normalized spacial score (nSPS) is 22.7. The number of hydrogen-bond donors (Lipinski definition) is 1. The van der Waals surface area contributed by atoms with Gasteiger partial charge in [-0.3, -0.25) is 0 Å². The van der Waals surface area contributed by atoms with Crippen molar-refractivity contribution >= 4 is 0 Å². The Hall–Kier alpha value is -2.00. The zero-order valence-electron chi connectivity index (χ0n) is 13.5. The first-order valence-electron chi connectivity index (χ1n) is 7.74. The van der Waals surface area contributed by atoms with Crippen molar-refractivity contribution < 1.29 is 4.74 Å². The van der Waals surface area contributed by atoms with E-state index < -0.39 is 0 Å². The largest absolute Gasteiger partial charge is 0.497 e. The van der Waals surface area contributed by atoms with Crippen LogP contribution in [0.4, 0.5) is 0 Å². The van der Waals surface area contributed by atoms with E-state index >= 15 is 0 Å². The summed E-state index contributed by atoms with van der Waals surface area (Å²) in [6.45, 7) is 5.35. The number of rotatable bonds is 3. The Morgan fingerprint density at radius 2 is 1.95 bits per heavy atom. The van der Waals surface area contributed by atoms with Gasteiger partial charge in [0.05, 0.1) is 13.3 Å². The van der Waals surface area contributed by atoms with Crippen LogP contribution in [-0.4, -0.2) is 18.2 Å². The van der Waals surface area contributed by atoms with E-state index in [1.807, 2.05) is 12.1 Å². The number of nitrogens with two attached hydrogens (primary N) is 1. The second-order valence-electron chi connectivity index (χ2n) is 6.73. The summed E-state index contributed by atoms with van der Waals surface area (Å²) in [7, 11) is 1.69. The zero-order chi connectivity index (χ0) is 15.7. The molecule has 2 N–H and O–H groups in total. The van der Waals surface area contributed by atoms with Gasteiger partial charge in [0.15, 0.2) is 0 Å². The molecule has 3 nitrogen and oxygen atoms in total. The first kappa shape index (κ1) is 14.9. The molecule has 3 rings (SSSR count). The Morgan fingerprint density at radius 1 is 1.23 bits per heavy atom. The molecule has 0 radical (unpaired) electrons. The van der Waals surface area contributed by atoms with Gasteiger partial charge in [-0.1, -0.05) is 44.2 Å². The monoisotopic (exact) mass is 296 g/mol. The maximum atomic E-state index is 6.33. The van der Waals surface area contributed by atoms with Crippen molar-refractivity contribution in [1.29, 1.82) is 0 Å². The van der Waals surface area contributed by atoms with Crippen LogP contribution in [0.1, 0.15) is 25.8 Å². The molecule has 1 unspecified atom stereocenters. The van der Waals surface area contributed by atoms with Gasteiger partial charge in [-0.05, 0) is 41.2 Å². The summed E-state index contributed by atoms with van der Waals surface area (Å²) in [4.78, 5) is 2.31. The second-order valence-corrected chi connectivity index (χ2v) is 6.73. The SMILES string of the molecule is COc1ccc(CN2C3=C(C=CC2N)C=CC(C)(C)C3)cc1. The number of allylic oxidation sites excluding steroid dienone is 5. The molecule has 22 heavy (non-hydrogen) atoms. The maximum absolute atomic E-state index is 6.33. The smallest absolute Gasteiger partial charge is 0.118 e. The number of nitrogens with zero attached hydrogens (tertiary/aromatic N) is 1. The van der Waals surface area contributed by atoms with Crippen LogP contribution in [0.25, 0.3) is 0 Å². The fourth-order valence-corrected chi connectivity index (χ4v) is 3.04. The highest BCUT2D eigenvalue weighted by atomic mass is 16.5. The van der Waals surface area contributed by atoms with Crippen LogP contribution in [-0.2, 0) is 6.54 Å². The van der Waals surface area contributed by atoms with E-state index in [1.54, 1.807) is 7.11 Å². The Labute approximate surface area is 132 Å². The Kier molecular flexibility index (Phi) is 3.83. The predicted octanol–water partition coefficient (Wildman–Crippen LogP) is 3.59. The molecule has 1 aliphatic heterocycles. The molecule has 1 atom stereocenters. The van der Waals surface area contributed by atoms with Crippen LogP contribution in [0.3, 0.4) is 0 Å². The molecule has 2 aliphatic rings. The quantitative estimate of drug-likeness (QED) is 0.926. The van der Waals surface area contributed by atoms with Crippen molar-refractivity contribution in [3.63, 3.8) is 0 Å². The molecule has 0 saturated carbocycles. The first-order valence-corrected chi connectivity index (χ1v) is 7.74. The van der Waals surface area contributed by atoms with Crippen LogP contribution in [0.2, 0.25) is 0 Å². The third-order valence-corrected chi connectivity index (χ3v) is 4.36. The zero-order valence-corrected chi connectivity index (χ0v) is 13.5. The summed E-state index contributed by atoms with van der Waals surface area (Å²) in [5, 5.41) is 0. The fourth-order valence-electron chi connectivity index (χ4n) is 3.04. The van der Waals surface area contributed by atoms with Gasteiger partial charge in [0.2, 0.25) is 0 Å². The molecule has 1 aromatic carbocycles. The van der Waals surface area contributed by atoms with Gasteiger partial charge in [-0.15, -0.1) is 0 Å². The molecule has 1 aliphatic carbocycles. The Balaban J connectivity index is 1.86. The summed E-state index contributed by atoms with van der Waals surface area (Å²) in [6.07, 6.45) is 9.69. The molecule has 116 valence electrons. The summed E-state index contributed by atoms with van der Waals surface area (Å²) in [6, 6.07) is 8.21. The minimum absolute atomic E-state index is 0.0665. The van der Waals surface area contributed by atoms with Crippen molar-refractivity contribution in [2.24, 2.45) is 11.1 Å². The van der Waals surface area contributed by atoms with Crippen molar-refractivity contribution in [2.45, 2.75) is 33.0 Å². The van der Waals surface area contributed by atoms with E-state index in [4.69, 9.17) is 10.5 Å². The molecule has 0 amide bonds. The number of methoxy groups -OCH3 is 1.